The van der Waals surface area contributed by atoms with E-state index in [1.165, 1.54) is 25.5 Å². The van der Waals surface area contributed by atoms with E-state index in [0.29, 0.717) is 28.1 Å². The number of rotatable bonds is 8. The van der Waals surface area contributed by atoms with Crippen LogP contribution in [0.25, 0.3) is 0 Å². The molecule has 0 aliphatic carbocycles. The second-order valence-corrected chi connectivity index (χ2v) is 10.2. The highest BCUT2D eigenvalue weighted by Crippen LogP contribution is 2.40. The summed E-state index contributed by atoms with van der Waals surface area (Å²) in [6.07, 6.45) is 1.24. The minimum absolute atomic E-state index is 0.0186. The van der Waals surface area contributed by atoms with Gasteiger partial charge in [-0.25, -0.2) is 0 Å². The highest BCUT2D eigenvalue weighted by molar-refractivity contribution is 9.10. The third-order valence-electron chi connectivity index (χ3n) is 4.72. The molecule has 9 nitrogen and oxygen atoms in total. The Morgan fingerprint density at radius 2 is 1.90 bits per heavy atom. The second-order valence-electron chi connectivity index (χ2n) is 6.95. The van der Waals surface area contributed by atoms with E-state index in [-0.39, 0.29) is 22.6 Å². The summed E-state index contributed by atoms with van der Waals surface area (Å²) in [5.41, 5.74) is 0.182. The third kappa shape index (κ3) is 4.47. The number of carbonyl (C=O) groups excluding carboxylic acids is 2. The van der Waals surface area contributed by atoms with Crippen molar-refractivity contribution in [1.29, 1.82) is 4.78 Å². The molecule has 0 radical (unpaired) electrons. The summed E-state index contributed by atoms with van der Waals surface area (Å²) in [6, 6.07) is 6.59. The van der Waals surface area contributed by atoms with Crippen molar-refractivity contribution in [3.63, 3.8) is 0 Å². The Morgan fingerprint density at radius 1 is 1.19 bits per heavy atom. The summed E-state index contributed by atoms with van der Waals surface area (Å²) < 4.78 is 31.6. The van der Waals surface area contributed by atoms with E-state index in [9.17, 15) is 18.7 Å². The number of nitrogens with zero attached hydrogens (tertiary/aromatic N) is 2. The maximum Gasteiger partial charge on any atom is 0.264 e. The lowest BCUT2D eigenvalue weighted by molar-refractivity contribution is 0.0598. The molecule has 2 atom stereocenters. The average molecular weight is 510 g/mol. The van der Waals surface area contributed by atoms with E-state index in [0.717, 1.165) is 4.90 Å². The molecule has 1 heterocycles. The number of nitrogens with one attached hydrogen (secondary N) is 1. The van der Waals surface area contributed by atoms with Crippen molar-refractivity contribution < 1.29 is 23.3 Å². The van der Waals surface area contributed by atoms with Crippen molar-refractivity contribution in [2.75, 3.05) is 25.7 Å². The lowest BCUT2D eigenvalue weighted by Gasteiger charge is -2.27. The maximum atomic E-state index is 13.2. The topological polar surface area (TPSA) is 126 Å². The van der Waals surface area contributed by atoms with E-state index in [1.54, 1.807) is 25.1 Å². The smallest absolute Gasteiger partial charge is 0.264 e. The number of fused-ring (bicyclic) bond motifs is 1. The minimum atomic E-state index is -3.12. The Kier molecular flexibility index (Phi) is 6.46. The molecule has 0 bridgehead atoms. The quantitative estimate of drug-likeness (QED) is 0.418. The molecule has 2 aromatic carbocycles. The number of ether oxygens (including phenoxy) is 2. The fourth-order valence-corrected chi connectivity index (χ4v) is 4.86. The van der Waals surface area contributed by atoms with Crippen LogP contribution >= 0.6 is 15.9 Å². The van der Waals surface area contributed by atoms with Crippen LogP contribution in [0.2, 0.25) is 0 Å². The highest BCUT2D eigenvalue weighted by Gasteiger charge is 2.43. The number of amides is 2. The van der Waals surface area contributed by atoms with Crippen LogP contribution in [-0.2, 0) is 9.73 Å². The number of imide groups is 1. The van der Waals surface area contributed by atoms with E-state index < -0.39 is 27.6 Å². The fraction of sp³-hybridized carbons (Fsp3) is 0.300. The van der Waals surface area contributed by atoms with Crippen molar-refractivity contribution in [1.82, 2.24) is 4.90 Å². The molecule has 0 saturated heterocycles. The number of halogens is 1. The van der Waals surface area contributed by atoms with Crippen LogP contribution in [0.5, 0.6) is 11.5 Å². The van der Waals surface area contributed by atoms with Gasteiger partial charge in [-0.15, -0.1) is 4.91 Å². The zero-order valence-electron chi connectivity index (χ0n) is 17.0. The first kappa shape index (κ1) is 22.9. The molecule has 164 valence electrons. The lowest BCUT2D eigenvalue weighted by Crippen LogP contribution is -2.37. The third-order valence-corrected chi connectivity index (χ3v) is 6.13. The van der Waals surface area contributed by atoms with Gasteiger partial charge < -0.3 is 9.47 Å². The molecule has 1 aliphatic heterocycles. The van der Waals surface area contributed by atoms with Crippen molar-refractivity contribution in [2.24, 2.45) is 5.18 Å². The van der Waals surface area contributed by atoms with Gasteiger partial charge in [-0.3, -0.25) is 23.5 Å². The van der Waals surface area contributed by atoms with Gasteiger partial charge in [-0.05, 0) is 41.9 Å². The van der Waals surface area contributed by atoms with Gasteiger partial charge in [0.2, 0.25) is 0 Å². The molecule has 2 aromatic rings. The predicted octanol–water partition coefficient (Wildman–Crippen LogP) is 4.27. The Labute approximate surface area is 187 Å². The number of benzene rings is 2. The molecule has 0 saturated carbocycles. The molecule has 11 heteroatoms. The standard InChI is InChI=1S/C20H20BrN3O6S/c1-4-30-17-7-11(5-6-16(17)29-2)15(10-31(3,22)28)24-19(25)13-8-12(21)9-14(23-27)18(13)20(24)26/h5-9,15,22H,4,10H2,1-3H3/t15-,31-/m1/s1. The predicted molar refractivity (Wildman–Crippen MR) is 119 cm³/mol. The monoisotopic (exact) mass is 509 g/mol. The van der Waals surface area contributed by atoms with Crippen LogP contribution < -0.4 is 9.47 Å². The van der Waals surface area contributed by atoms with Crippen molar-refractivity contribution in [3.8, 4) is 11.5 Å². The van der Waals surface area contributed by atoms with E-state index in [1.807, 2.05) is 0 Å². The number of nitroso groups, excluding NO2 is 1. The molecule has 1 aliphatic rings. The van der Waals surface area contributed by atoms with Crippen LogP contribution in [0.1, 0.15) is 39.2 Å². The number of methoxy groups -OCH3 is 1. The number of hydrogen-bond donors (Lipinski definition) is 1. The molecular formula is C20H20BrN3O6S. The summed E-state index contributed by atoms with van der Waals surface area (Å²) in [5, 5.41) is 2.88. The van der Waals surface area contributed by atoms with Gasteiger partial charge in [0.05, 0.1) is 36.6 Å². The highest BCUT2D eigenvalue weighted by atomic mass is 79.9. The Balaban J connectivity index is 2.17. The fourth-order valence-electron chi connectivity index (χ4n) is 3.47. The Morgan fingerprint density at radius 3 is 2.48 bits per heavy atom. The van der Waals surface area contributed by atoms with Gasteiger partial charge in [0.1, 0.15) is 5.69 Å². The molecule has 3 rings (SSSR count). The van der Waals surface area contributed by atoms with E-state index in [4.69, 9.17) is 14.3 Å². The molecule has 2 amide bonds. The van der Waals surface area contributed by atoms with Gasteiger partial charge in [-0.2, -0.15) is 0 Å². The molecule has 31 heavy (non-hydrogen) atoms. The van der Waals surface area contributed by atoms with Crippen molar-refractivity contribution in [3.05, 3.63) is 56.4 Å². The van der Waals surface area contributed by atoms with Crippen LogP contribution in [-0.4, -0.2) is 46.6 Å². The lowest BCUT2D eigenvalue weighted by atomic mass is 10.1. The van der Waals surface area contributed by atoms with Crippen LogP contribution in [0.3, 0.4) is 0 Å². The molecule has 0 fully saturated rings. The number of carbonyl (C=O) groups is 2. The van der Waals surface area contributed by atoms with Crippen LogP contribution in [0, 0.1) is 9.69 Å². The number of hydrogen-bond acceptors (Lipinski definition) is 8. The Hall–Kier alpha value is -2.79. The molecule has 0 aromatic heterocycles. The normalized spacial score (nSPS) is 15.9. The first-order chi connectivity index (χ1) is 14.6. The largest absolute Gasteiger partial charge is 0.493 e. The first-order valence-electron chi connectivity index (χ1n) is 9.18. The van der Waals surface area contributed by atoms with E-state index in [2.05, 4.69) is 21.1 Å². The summed E-state index contributed by atoms with van der Waals surface area (Å²) in [6.45, 7) is 2.14. The first-order valence-corrected chi connectivity index (χ1v) is 12.1. The minimum Gasteiger partial charge on any atom is -0.493 e. The maximum absolute atomic E-state index is 13.2. The van der Waals surface area contributed by atoms with Gasteiger partial charge in [0, 0.05) is 20.5 Å². The average Bonchev–Trinajstić information content (AvgIpc) is 2.95. The second kappa shape index (κ2) is 8.75. The van der Waals surface area contributed by atoms with Crippen molar-refractivity contribution in [2.45, 2.75) is 13.0 Å². The molecule has 0 spiro atoms. The summed E-state index contributed by atoms with van der Waals surface area (Å²) >= 11 is 3.21. The molecule has 0 unspecified atom stereocenters. The summed E-state index contributed by atoms with van der Waals surface area (Å²) in [4.78, 5) is 38.6. The molecule has 1 N–H and O–H groups in total. The van der Waals surface area contributed by atoms with Crippen molar-refractivity contribution >= 4 is 43.2 Å². The molecular weight excluding hydrogens is 490 g/mol. The Bertz CT molecular complexity index is 1180. The zero-order chi connectivity index (χ0) is 22.9. The van der Waals surface area contributed by atoms with E-state index >= 15 is 0 Å². The van der Waals surface area contributed by atoms with Crippen LogP contribution in [0.15, 0.2) is 40.0 Å². The summed E-state index contributed by atoms with van der Waals surface area (Å²) in [7, 11) is -1.64. The zero-order valence-corrected chi connectivity index (χ0v) is 19.4. The summed E-state index contributed by atoms with van der Waals surface area (Å²) in [5.74, 6) is -0.847. The SMILES string of the molecule is CCOc1cc([C@@H](C[S@](C)(=N)=O)N2C(=O)c3cc(Br)cc(N=O)c3C2=O)ccc1OC. The van der Waals surface area contributed by atoms with Gasteiger partial charge in [0.15, 0.2) is 11.5 Å². The van der Waals surface area contributed by atoms with Crippen LogP contribution in [0.4, 0.5) is 5.69 Å². The van der Waals surface area contributed by atoms with Gasteiger partial charge in [-0.1, -0.05) is 22.0 Å². The van der Waals surface area contributed by atoms with Gasteiger partial charge in [0.25, 0.3) is 11.8 Å². The van der Waals surface area contributed by atoms with Gasteiger partial charge >= 0.3 is 0 Å².